The van der Waals surface area contributed by atoms with Crippen LogP contribution in [0.4, 0.5) is 0 Å². The highest BCUT2D eigenvalue weighted by Crippen LogP contribution is 2.28. The molecule has 0 saturated carbocycles. The van der Waals surface area contributed by atoms with Gasteiger partial charge in [-0.3, -0.25) is 0 Å². The Bertz CT molecular complexity index is 376. The maximum absolute atomic E-state index is 4.75. The van der Waals surface area contributed by atoms with Crippen molar-refractivity contribution in [3.8, 4) is 0 Å². The molecule has 1 aromatic heterocycles. The van der Waals surface area contributed by atoms with Gasteiger partial charge < -0.3 is 4.90 Å². The molecule has 0 bridgehead atoms. The molecule has 0 atom stereocenters. The fourth-order valence-corrected chi connectivity index (χ4v) is 1.81. The lowest BCUT2D eigenvalue weighted by Crippen LogP contribution is -2.21. The maximum atomic E-state index is 4.75. The fraction of sp³-hybridized carbons (Fsp3) is 0.714. The summed E-state index contributed by atoms with van der Waals surface area (Å²) in [5.74, 6) is 1.38. The van der Waals surface area contributed by atoms with Gasteiger partial charge in [-0.05, 0) is 25.6 Å². The minimum absolute atomic E-state index is 0.0730. The summed E-state index contributed by atoms with van der Waals surface area (Å²) < 4.78 is 0. The Morgan fingerprint density at radius 2 is 1.82 bits per heavy atom. The van der Waals surface area contributed by atoms with Gasteiger partial charge in [0.2, 0.25) is 0 Å². The predicted molar refractivity (Wildman–Crippen MR) is 72.2 cm³/mol. The number of aromatic nitrogens is 2. The molecule has 0 aliphatic carbocycles. The van der Waals surface area contributed by atoms with E-state index in [4.69, 9.17) is 4.98 Å². The quantitative estimate of drug-likeness (QED) is 0.806. The predicted octanol–water partition coefficient (Wildman–Crippen LogP) is 2.96. The second kappa shape index (κ2) is 5.13. The number of hydrogen-bond donors (Lipinski definition) is 0. The largest absolute Gasteiger partial charge is 0.302 e. The summed E-state index contributed by atoms with van der Waals surface area (Å²) in [5.41, 5.74) is 2.52. The van der Waals surface area contributed by atoms with E-state index in [9.17, 15) is 0 Å². The van der Waals surface area contributed by atoms with Crippen molar-refractivity contribution >= 4 is 0 Å². The Balaban J connectivity index is 3.20. The molecule has 0 N–H and O–H groups in total. The molecular weight excluding hydrogens is 210 g/mol. The maximum Gasteiger partial charge on any atom is 0.142 e. The average Bonchev–Trinajstić information content (AvgIpc) is 2.14. The zero-order valence-corrected chi connectivity index (χ0v) is 12.2. The van der Waals surface area contributed by atoms with E-state index >= 15 is 0 Å². The third-order valence-electron chi connectivity index (χ3n) is 2.66. The van der Waals surface area contributed by atoms with Gasteiger partial charge in [0, 0.05) is 11.6 Å². The van der Waals surface area contributed by atoms with Crippen LogP contribution in [-0.4, -0.2) is 29.0 Å². The molecule has 0 amide bonds. The van der Waals surface area contributed by atoms with Gasteiger partial charge in [0.15, 0.2) is 0 Å². The first-order valence-corrected chi connectivity index (χ1v) is 6.23. The van der Waals surface area contributed by atoms with Gasteiger partial charge in [-0.2, -0.15) is 0 Å². The van der Waals surface area contributed by atoms with Crippen molar-refractivity contribution < 1.29 is 0 Å². The summed E-state index contributed by atoms with van der Waals surface area (Å²) in [4.78, 5) is 11.3. The molecule has 0 aliphatic rings. The molecule has 1 rings (SSSR count). The summed E-state index contributed by atoms with van der Waals surface area (Å²) in [5, 5.41) is 0. The molecule has 0 saturated heterocycles. The van der Waals surface area contributed by atoms with E-state index in [1.165, 1.54) is 11.3 Å². The van der Waals surface area contributed by atoms with Crippen LogP contribution in [0.1, 0.15) is 57.6 Å². The Hall–Kier alpha value is -0.960. The smallest absolute Gasteiger partial charge is 0.142 e. The van der Waals surface area contributed by atoms with Crippen molar-refractivity contribution in [2.24, 2.45) is 0 Å². The normalized spacial score (nSPS) is 12.5. The van der Waals surface area contributed by atoms with E-state index in [1.807, 2.05) is 20.3 Å². The van der Waals surface area contributed by atoms with Gasteiger partial charge in [-0.1, -0.05) is 34.6 Å². The van der Waals surface area contributed by atoms with E-state index in [0.29, 0.717) is 5.92 Å². The Morgan fingerprint density at radius 1 is 1.24 bits per heavy atom. The van der Waals surface area contributed by atoms with Crippen molar-refractivity contribution in [3.63, 3.8) is 0 Å². The molecule has 1 heterocycles. The number of nitrogens with zero attached hydrogens (tertiary/aromatic N) is 3. The Kier molecular flexibility index (Phi) is 4.26. The lowest BCUT2D eigenvalue weighted by atomic mass is 9.85. The van der Waals surface area contributed by atoms with Crippen LogP contribution < -0.4 is 0 Å². The lowest BCUT2D eigenvalue weighted by Gasteiger charge is -2.24. The molecule has 0 unspecified atom stereocenters. The van der Waals surface area contributed by atoms with Crippen molar-refractivity contribution in [2.75, 3.05) is 14.1 Å². The second-order valence-electron chi connectivity index (χ2n) is 6.23. The summed E-state index contributed by atoms with van der Waals surface area (Å²) in [6.45, 7) is 11.8. The summed E-state index contributed by atoms with van der Waals surface area (Å²) in [7, 11) is 4.08. The fourth-order valence-electron chi connectivity index (χ4n) is 1.81. The molecule has 17 heavy (non-hydrogen) atoms. The molecule has 0 aliphatic heterocycles. The Labute approximate surface area is 105 Å². The van der Waals surface area contributed by atoms with E-state index in [2.05, 4.69) is 44.5 Å². The molecular formula is C14H25N3. The minimum Gasteiger partial charge on any atom is -0.302 e. The van der Waals surface area contributed by atoms with Gasteiger partial charge in [0.1, 0.15) is 5.82 Å². The van der Waals surface area contributed by atoms with E-state index < -0.39 is 0 Å². The van der Waals surface area contributed by atoms with Gasteiger partial charge in [0.25, 0.3) is 0 Å². The molecule has 3 heteroatoms. The van der Waals surface area contributed by atoms with E-state index in [-0.39, 0.29) is 5.41 Å². The monoisotopic (exact) mass is 235 g/mol. The van der Waals surface area contributed by atoms with E-state index in [1.54, 1.807) is 0 Å². The molecule has 96 valence electrons. The highest BCUT2D eigenvalue weighted by atomic mass is 15.1. The third-order valence-corrected chi connectivity index (χ3v) is 2.66. The highest BCUT2D eigenvalue weighted by molar-refractivity contribution is 5.27. The first-order valence-electron chi connectivity index (χ1n) is 6.23. The van der Waals surface area contributed by atoms with Gasteiger partial charge >= 0.3 is 0 Å². The number of hydrogen-bond acceptors (Lipinski definition) is 3. The zero-order valence-electron chi connectivity index (χ0n) is 12.2. The summed E-state index contributed by atoms with van der Waals surface area (Å²) in [6.07, 6.45) is 2.00. The van der Waals surface area contributed by atoms with Crippen LogP contribution in [-0.2, 0) is 12.0 Å². The van der Waals surface area contributed by atoms with Crippen molar-refractivity contribution in [3.05, 3.63) is 23.3 Å². The van der Waals surface area contributed by atoms with Gasteiger partial charge in [0.05, 0.1) is 12.2 Å². The van der Waals surface area contributed by atoms with Crippen molar-refractivity contribution in [2.45, 2.75) is 52.5 Å². The zero-order chi connectivity index (χ0) is 13.2. The van der Waals surface area contributed by atoms with Crippen LogP contribution in [0.3, 0.4) is 0 Å². The summed E-state index contributed by atoms with van der Waals surface area (Å²) in [6, 6.07) is 0. The topological polar surface area (TPSA) is 29.0 Å². The minimum atomic E-state index is 0.0730. The standard InChI is InChI=1S/C14H25N3/c1-10(2)11-8-15-12(9-17(6)7)16-13(11)14(3,4)5/h8,10H,9H2,1-7H3. The first kappa shape index (κ1) is 14.1. The molecule has 0 radical (unpaired) electrons. The van der Waals surface area contributed by atoms with Crippen LogP contribution in [0.25, 0.3) is 0 Å². The van der Waals surface area contributed by atoms with Crippen LogP contribution in [0.2, 0.25) is 0 Å². The van der Waals surface area contributed by atoms with E-state index in [0.717, 1.165) is 12.4 Å². The van der Waals surface area contributed by atoms with Crippen molar-refractivity contribution in [1.82, 2.24) is 14.9 Å². The first-order chi connectivity index (χ1) is 7.71. The number of rotatable bonds is 3. The SMILES string of the molecule is CC(C)c1cnc(CN(C)C)nc1C(C)(C)C. The third kappa shape index (κ3) is 3.77. The molecule has 0 spiro atoms. The van der Waals surface area contributed by atoms with Crippen molar-refractivity contribution in [1.29, 1.82) is 0 Å². The molecule has 1 aromatic rings. The lowest BCUT2D eigenvalue weighted by molar-refractivity contribution is 0.387. The highest BCUT2D eigenvalue weighted by Gasteiger charge is 2.22. The summed E-state index contributed by atoms with van der Waals surface area (Å²) >= 11 is 0. The average molecular weight is 235 g/mol. The van der Waals surface area contributed by atoms with Crippen LogP contribution >= 0.6 is 0 Å². The second-order valence-corrected chi connectivity index (χ2v) is 6.23. The Morgan fingerprint density at radius 3 is 2.24 bits per heavy atom. The van der Waals surface area contributed by atoms with Gasteiger partial charge in [-0.25, -0.2) is 9.97 Å². The van der Waals surface area contributed by atoms with Gasteiger partial charge in [-0.15, -0.1) is 0 Å². The van der Waals surface area contributed by atoms with Crippen LogP contribution in [0.5, 0.6) is 0 Å². The van der Waals surface area contributed by atoms with Crippen LogP contribution in [0, 0.1) is 0 Å². The molecule has 3 nitrogen and oxygen atoms in total. The molecule has 0 aromatic carbocycles. The van der Waals surface area contributed by atoms with Crippen LogP contribution in [0.15, 0.2) is 6.20 Å². The molecule has 0 fully saturated rings.